The van der Waals surface area contributed by atoms with E-state index in [9.17, 15) is 9.59 Å². The standard InChI is InChI=1S/C10H14O4/c1-4-13-7(11)10-5-6(10)9(2,3)14-8(10)12/h6H,4-5H2,1-3H3/t6-,10+/m0/s1. The topological polar surface area (TPSA) is 52.6 Å². The minimum absolute atomic E-state index is 0.00144. The summed E-state index contributed by atoms with van der Waals surface area (Å²) in [4.78, 5) is 23.1. The first kappa shape index (κ1) is 9.49. The Labute approximate surface area is 82.6 Å². The molecule has 14 heavy (non-hydrogen) atoms. The SMILES string of the molecule is CCOC(=O)[C@@]12C[C@H]1C(C)(C)OC2=O. The predicted molar refractivity (Wildman–Crippen MR) is 47.3 cm³/mol. The monoisotopic (exact) mass is 198 g/mol. The van der Waals surface area contributed by atoms with Crippen LogP contribution in [-0.2, 0) is 19.1 Å². The Bertz CT molecular complexity index is 307. The van der Waals surface area contributed by atoms with Crippen molar-refractivity contribution in [3.63, 3.8) is 0 Å². The Morgan fingerprint density at radius 2 is 2.29 bits per heavy atom. The molecule has 4 heteroatoms. The van der Waals surface area contributed by atoms with Crippen LogP contribution in [0.1, 0.15) is 27.2 Å². The molecule has 1 saturated heterocycles. The Balaban J connectivity index is 2.22. The summed E-state index contributed by atoms with van der Waals surface area (Å²) in [7, 11) is 0. The van der Waals surface area contributed by atoms with Gasteiger partial charge in [-0.2, -0.15) is 0 Å². The van der Waals surface area contributed by atoms with Gasteiger partial charge in [0.2, 0.25) is 0 Å². The van der Waals surface area contributed by atoms with Crippen LogP contribution >= 0.6 is 0 Å². The van der Waals surface area contributed by atoms with Gasteiger partial charge in [-0.15, -0.1) is 0 Å². The van der Waals surface area contributed by atoms with Crippen molar-refractivity contribution in [3.05, 3.63) is 0 Å². The first-order valence-corrected chi connectivity index (χ1v) is 4.86. The molecule has 0 bridgehead atoms. The van der Waals surface area contributed by atoms with Crippen molar-refractivity contribution in [3.8, 4) is 0 Å². The average Bonchev–Trinajstić information content (AvgIpc) is 2.75. The van der Waals surface area contributed by atoms with Crippen molar-refractivity contribution in [1.82, 2.24) is 0 Å². The molecule has 2 rings (SSSR count). The Hall–Kier alpha value is -1.06. The second-order valence-electron chi connectivity index (χ2n) is 4.44. The van der Waals surface area contributed by atoms with Crippen LogP contribution in [-0.4, -0.2) is 24.1 Å². The van der Waals surface area contributed by atoms with Crippen molar-refractivity contribution in [1.29, 1.82) is 0 Å². The Morgan fingerprint density at radius 3 is 2.64 bits per heavy atom. The van der Waals surface area contributed by atoms with Crippen LogP contribution in [0.15, 0.2) is 0 Å². The first-order valence-electron chi connectivity index (χ1n) is 4.86. The molecule has 1 heterocycles. The molecule has 0 N–H and O–H groups in total. The largest absolute Gasteiger partial charge is 0.465 e. The van der Waals surface area contributed by atoms with Gasteiger partial charge in [-0.05, 0) is 27.2 Å². The molecule has 2 atom stereocenters. The fourth-order valence-corrected chi connectivity index (χ4v) is 2.30. The highest BCUT2D eigenvalue weighted by molar-refractivity contribution is 6.06. The quantitative estimate of drug-likeness (QED) is 0.488. The molecule has 0 aromatic rings. The molecule has 0 unspecified atom stereocenters. The number of ether oxygens (including phenoxy) is 2. The minimum Gasteiger partial charge on any atom is -0.465 e. The number of carbonyl (C=O) groups excluding carboxylic acids is 2. The fraction of sp³-hybridized carbons (Fsp3) is 0.800. The van der Waals surface area contributed by atoms with E-state index in [1.54, 1.807) is 6.92 Å². The summed E-state index contributed by atoms with van der Waals surface area (Å²) in [6.07, 6.45) is 0.581. The van der Waals surface area contributed by atoms with Crippen LogP contribution < -0.4 is 0 Å². The number of fused-ring (bicyclic) bond motifs is 1. The number of carbonyl (C=O) groups is 2. The molecule has 2 aliphatic rings. The molecule has 0 aromatic heterocycles. The van der Waals surface area contributed by atoms with Crippen LogP contribution in [0.3, 0.4) is 0 Å². The highest BCUT2D eigenvalue weighted by atomic mass is 16.6. The molecule has 0 radical (unpaired) electrons. The number of rotatable bonds is 2. The van der Waals surface area contributed by atoms with E-state index >= 15 is 0 Å². The third-order valence-corrected chi connectivity index (χ3v) is 3.16. The maximum absolute atomic E-state index is 11.6. The average molecular weight is 198 g/mol. The number of hydrogen-bond acceptors (Lipinski definition) is 4. The number of hydrogen-bond donors (Lipinski definition) is 0. The van der Waals surface area contributed by atoms with E-state index in [0.717, 1.165) is 0 Å². The number of esters is 2. The molecule has 78 valence electrons. The van der Waals surface area contributed by atoms with Gasteiger partial charge in [0.05, 0.1) is 6.61 Å². The van der Waals surface area contributed by atoms with Crippen molar-refractivity contribution in [2.75, 3.05) is 6.61 Å². The van der Waals surface area contributed by atoms with Gasteiger partial charge in [0, 0.05) is 5.92 Å². The van der Waals surface area contributed by atoms with E-state index < -0.39 is 23.0 Å². The lowest BCUT2D eigenvalue weighted by molar-refractivity contribution is -0.163. The van der Waals surface area contributed by atoms with Crippen LogP contribution in [0.2, 0.25) is 0 Å². The van der Waals surface area contributed by atoms with Crippen LogP contribution in [0.25, 0.3) is 0 Å². The highest BCUT2D eigenvalue weighted by Gasteiger charge is 2.78. The summed E-state index contributed by atoms with van der Waals surface area (Å²) < 4.78 is 10.0. The molecular weight excluding hydrogens is 184 g/mol. The molecule has 0 amide bonds. The maximum atomic E-state index is 11.6. The van der Waals surface area contributed by atoms with Crippen LogP contribution in [0.5, 0.6) is 0 Å². The van der Waals surface area contributed by atoms with Crippen molar-refractivity contribution in [2.24, 2.45) is 11.3 Å². The lowest BCUT2D eigenvalue weighted by Crippen LogP contribution is -2.27. The van der Waals surface area contributed by atoms with Crippen molar-refractivity contribution >= 4 is 11.9 Å². The normalized spacial score (nSPS) is 37.4. The second kappa shape index (κ2) is 2.49. The predicted octanol–water partition coefficient (Wildman–Crippen LogP) is 0.891. The van der Waals surface area contributed by atoms with E-state index in [-0.39, 0.29) is 5.92 Å². The summed E-state index contributed by atoms with van der Waals surface area (Å²) >= 11 is 0. The third kappa shape index (κ3) is 0.938. The lowest BCUT2D eigenvalue weighted by atomic mass is 9.98. The Kier molecular flexibility index (Phi) is 1.69. The van der Waals surface area contributed by atoms with Gasteiger partial charge < -0.3 is 9.47 Å². The first-order chi connectivity index (χ1) is 6.45. The van der Waals surface area contributed by atoms with Crippen molar-refractivity contribution < 1.29 is 19.1 Å². The van der Waals surface area contributed by atoms with Gasteiger partial charge >= 0.3 is 11.9 Å². The van der Waals surface area contributed by atoms with Gasteiger partial charge in [-0.3, -0.25) is 9.59 Å². The highest BCUT2D eigenvalue weighted by Crippen LogP contribution is 2.65. The summed E-state index contributed by atoms with van der Waals surface area (Å²) in [5.74, 6) is -0.826. The zero-order valence-electron chi connectivity index (χ0n) is 8.62. The van der Waals surface area contributed by atoms with Gasteiger partial charge in [0.15, 0.2) is 5.41 Å². The molecular formula is C10H14O4. The minimum atomic E-state index is -0.959. The van der Waals surface area contributed by atoms with E-state index in [0.29, 0.717) is 13.0 Å². The Morgan fingerprint density at radius 1 is 1.64 bits per heavy atom. The van der Waals surface area contributed by atoms with Gasteiger partial charge in [-0.1, -0.05) is 0 Å². The van der Waals surface area contributed by atoms with Crippen LogP contribution in [0, 0.1) is 11.3 Å². The zero-order valence-corrected chi connectivity index (χ0v) is 8.62. The molecule has 1 aliphatic heterocycles. The number of cyclic esters (lactones) is 1. The molecule has 2 fully saturated rings. The van der Waals surface area contributed by atoms with E-state index in [4.69, 9.17) is 9.47 Å². The molecule has 1 aliphatic carbocycles. The zero-order chi connectivity index (χ0) is 10.6. The van der Waals surface area contributed by atoms with E-state index in [2.05, 4.69) is 0 Å². The van der Waals surface area contributed by atoms with Crippen molar-refractivity contribution in [2.45, 2.75) is 32.8 Å². The maximum Gasteiger partial charge on any atom is 0.324 e. The summed E-state index contributed by atoms with van der Waals surface area (Å²) in [5, 5.41) is 0. The molecule has 0 spiro atoms. The third-order valence-electron chi connectivity index (χ3n) is 3.16. The van der Waals surface area contributed by atoms with Crippen LogP contribution in [0.4, 0.5) is 0 Å². The summed E-state index contributed by atoms with van der Waals surface area (Å²) in [6, 6.07) is 0. The smallest absolute Gasteiger partial charge is 0.324 e. The molecule has 4 nitrogen and oxygen atoms in total. The van der Waals surface area contributed by atoms with E-state index in [1.165, 1.54) is 0 Å². The summed E-state index contributed by atoms with van der Waals surface area (Å²) in [6.45, 7) is 5.71. The molecule has 1 saturated carbocycles. The van der Waals surface area contributed by atoms with Gasteiger partial charge in [-0.25, -0.2) is 0 Å². The lowest BCUT2D eigenvalue weighted by Gasteiger charge is -2.18. The van der Waals surface area contributed by atoms with Gasteiger partial charge in [0.1, 0.15) is 5.60 Å². The van der Waals surface area contributed by atoms with Gasteiger partial charge in [0.25, 0.3) is 0 Å². The second-order valence-corrected chi connectivity index (χ2v) is 4.44. The summed E-state index contributed by atoms with van der Waals surface area (Å²) in [5.41, 5.74) is -1.47. The fourth-order valence-electron chi connectivity index (χ4n) is 2.30. The van der Waals surface area contributed by atoms with E-state index in [1.807, 2.05) is 13.8 Å². The molecule has 0 aromatic carbocycles.